The summed E-state index contributed by atoms with van der Waals surface area (Å²) in [4.78, 5) is 12.0. The fourth-order valence-corrected chi connectivity index (χ4v) is 2.89. The lowest BCUT2D eigenvalue weighted by atomic mass is 9.63. The highest BCUT2D eigenvalue weighted by atomic mass is 16.1. The number of hydrogen-bond acceptors (Lipinski definition) is 2. The molecule has 0 saturated heterocycles. The molecule has 0 heterocycles. The minimum atomic E-state index is 0.0446. The Morgan fingerprint density at radius 1 is 1.44 bits per heavy atom. The zero-order chi connectivity index (χ0) is 14.1. The van der Waals surface area contributed by atoms with Gasteiger partial charge in [0.2, 0.25) is 5.91 Å². The van der Waals surface area contributed by atoms with Gasteiger partial charge in [0.25, 0.3) is 0 Å². The molecule has 18 heavy (non-hydrogen) atoms. The Labute approximate surface area is 112 Å². The van der Waals surface area contributed by atoms with E-state index in [4.69, 9.17) is 5.73 Å². The summed E-state index contributed by atoms with van der Waals surface area (Å²) >= 11 is 0. The number of carbonyl (C=O) groups is 1. The van der Waals surface area contributed by atoms with Gasteiger partial charge in [-0.2, -0.15) is 0 Å². The summed E-state index contributed by atoms with van der Waals surface area (Å²) in [5.74, 6) is 0.610. The molecule has 1 fully saturated rings. The van der Waals surface area contributed by atoms with Crippen LogP contribution in [0.1, 0.15) is 60.8 Å². The van der Waals surface area contributed by atoms with Crippen LogP contribution in [-0.4, -0.2) is 18.0 Å². The van der Waals surface area contributed by atoms with Gasteiger partial charge >= 0.3 is 0 Å². The number of rotatable bonds is 4. The minimum Gasteiger partial charge on any atom is -0.353 e. The van der Waals surface area contributed by atoms with Crippen LogP contribution in [0.15, 0.2) is 0 Å². The van der Waals surface area contributed by atoms with Crippen molar-refractivity contribution in [2.75, 3.05) is 0 Å². The van der Waals surface area contributed by atoms with Crippen LogP contribution in [0.2, 0.25) is 0 Å². The van der Waals surface area contributed by atoms with Gasteiger partial charge < -0.3 is 11.1 Å². The van der Waals surface area contributed by atoms with Crippen molar-refractivity contribution >= 4 is 5.91 Å². The van der Waals surface area contributed by atoms with Crippen LogP contribution in [-0.2, 0) is 4.79 Å². The molecule has 3 nitrogen and oxygen atoms in total. The van der Waals surface area contributed by atoms with Gasteiger partial charge in [-0.3, -0.25) is 4.79 Å². The Morgan fingerprint density at radius 3 is 2.39 bits per heavy atom. The molecule has 0 aromatic heterocycles. The molecular weight excluding hydrogens is 224 g/mol. The van der Waals surface area contributed by atoms with Gasteiger partial charge in [0.1, 0.15) is 0 Å². The van der Waals surface area contributed by atoms with E-state index in [0.717, 1.165) is 12.8 Å². The van der Waals surface area contributed by atoms with E-state index >= 15 is 0 Å². The van der Waals surface area contributed by atoms with Crippen LogP contribution >= 0.6 is 0 Å². The van der Waals surface area contributed by atoms with Gasteiger partial charge in [0.05, 0.1) is 0 Å². The van der Waals surface area contributed by atoms with Gasteiger partial charge in [0.15, 0.2) is 0 Å². The van der Waals surface area contributed by atoms with E-state index < -0.39 is 0 Å². The second-order valence-electron chi connectivity index (χ2n) is 7.86. The molecular formula is C15H30N2O. The van der Waals surface area contributed by atoms with E-state index in [-0.39, 0.29) is 28.8 Å². The summed E-state index contributed by atoms with van der Waals surface area (Å²) in [7, 11) is 0. The van der Waals surface area contributed by atoms with Crippen molar-refractivity contribution < 1.29 is 4.79 Å². The predicted octanol–water partition coefficient (Wildman–Crippen LogP) is 2.69. The van der Waals surface area contributed by atoms with E-state index in [1.165, 1.54) is 0 Å². The number of nitrogens with two attached hydrogens (primary N) is 1. The number of carbonyl (C=O) groups excluding carboxylic acids is 1. The van der Waals surface area contributed by atoms with Crippen LogP contribution in [0.5, 0.6) is 0 Å². The smallest absolute Gasteiger partial charge is 0.220 e. The third-order valence-electron chi connectivity index (χ3n) is 4.17. The molecule has 106 valence electrons. The van der Waals surface area contributed by atoms with Crippen LogP contribution in [0.3, 0.4) is 0 Å². The first kappa shape index (κ1) is 15.5. The van der Waals surface area contributed by atoms with Crippen molar-refractivity contribution in [3.8, 4) is 0 Å². The van der Waals surface area contributed by atoms with Crippen molar-refractivity contribution in [3.63, 3.8) is 0 Å². The average Bonchev–Trinajstić information content (AvgIpc) is 2.13. The Bertz CT molecular complexity index is 304. The second kappa shape index (κ2) is 5.20. The maximum Gasteiger partial charge on any atom is 0.220 e. The Hall–Kier alpha value is -0.570. The standard InChI is InChI=1S/C15H30N2O/c1-10(9-14(2,3)4)7-13(18)17-12-8-11(16)15(12,5)6/h10-12H,7-9,16H2,1-6H3,(H,17,18). The van der Waals surface area contributed by atoms with Crippen LogP contribution < -0.4 is 11.1 Å². The molecule has 1 aliphatic carbocycles. The van der Waals surface area contributed by atoms with Crippen molar-refractivity contribution in [3.05, 3.63) is 0 Å². The summed E-state index contributed by atoms with van der Waals surface area (Å²) < 4.78 is 0. The maximum atomic E-state index is 12.0. The van der Waals surface area contributed by atoms with Crippen molar-refractivity contribution in [2.24, 2.45) is 22.5 Å². The van der Waals surface area contributed by atoms with Gasteiger partial charge in [-0.05, 0) is 24.2 Å². The molecule has 3 unspecified atom stereocenters. The maximum absolute atomic E-state index is 12.0. The number of nitrogens with one attached hydrogen (secondary N) is 1. The zero-order valence-electron chi connectivity index (χ0n) is 12.8. The fraction of sp³-hybridized carbons (Fsp3) is 0.933. The molecule has 1 amide bonds. The molecule has 0 spiro atoms. The summed E-state index contributed by atoms with van der Waals surface area (Å²) in [6, 6.07) is 0.469. The minimum absolute atomic E-state index is 0.0446. The average molecular weight is 254 g/mol. The number of amides is 1. The fourth-order valence-electron chi connectivity index (χ4n) is 2.89. The number of hydrogen-bond donors (Lipinski definition) is 2. The molecule has 0 aromatic rings. The monoisotopic (exact) mass is 254 g/mol. The van der Waals surface area contributed by atoms with Gasteiger partial charge in [-0.1, -0.05) is 41.5 Å². The zero-order valence-corrected chi connectivity index (χ0v) is 12.8. The first-order chi connectivity index (χ1) is 8.02. The molecule has 1 aliphatic rings. The predicted molar refractivity (Wildman–Crippen MR) is 76.2 cm³/mol. The lowest BCUT2D eigenvalue weighted by Gasteiger charge is -2.50. The summed E-state index contributed by atoms with van der Waals surface area (Å²) in [5.41, 5.74) is 6.29. The molecule has 1 saturated carbocycles. The third-order valence-corrected chi connectivity index (χ3v) is 4.17. The first-order valence-electron chi connectivity index (χ1n) is 7.07. The quantitative estimate of drug-likeness (QED) is 0.810. The summed E-state index contributed by atoms with van der Waals surface area (Å²) in [6.45, 7) is 13.1. The Morgan fingerprint density at radius 2 is 2.00 bits per heavy atom. The van der Waals surface area contributed by atoms with Crippen molar-refractivity contribution in [2.45, 2.75) is 72.9 Å². The summed E-state index contributed by atoms with van der Waals surface area (Å²) in [6.07, 6.45) is 2.61. The summed E-state index contributed by atoms with van der Waals surface area (Å²) in [5, 5.41) is 3.13. The molecule has 0 radical (unpaired) electrons. The normalized spacial score (nSPS) is 28.4. The Balaban J connectivity index is 2.35. The lowest BCUT2D eigenvalue weighted by Crippen LogP contribution is -2.64. The van der Waals surface area contributed by atoms with E-state index in [0.29, 0.717) is 12.3 Å². The highest BCUT2D eigenvalue weighted by Gasteiger charge is 2.46. The van der Waals surface area contributed by atoms with Gasteiger partial charge in [-0.15, -0.1) is 0 Å². The van der Waals surface area contributed by atoms with Crippen LogP contribution in [0, 0.1) is 16.7 Å². The molecule has 0 aliphatic heterocycles. The van der Waals surface area contributed by atoms with Crippen LogP contribution in [0.25, 0.3) is 0 Å². The van der Waals surface area contributed by atoms with E-state index in [1.54, 1.807) is 0 Å². The SMILES string of the molecule is CC(CC(=O)NC1CC(N)C1(C)C)CC(C)(C)C. The molecule has 3 N–H and O–H groups in total. The lowest BCUT2D eigenvalue weighted by molar-refractivity contribution is -0.125. The molecule has 3 atom stereocenters. The second-order valence-corrected chi connectivity index (χ2v) is 7.86. The van der Waals surface area contributed by atoms with Crippen molar-refractivity contribution in [1.82, 2.24) is 5.32 Å². The van der Waals surface area contributed by atoms with E-state index in [1.807, 2.05) is 0 Å². The Kier molecular flexibility index (Phi) is 4.47. The van der Waals surface area contributed by atoms with E-state index in [2.05, 4.69) is 46.9 Å². The van der Waals surface area contributed by atoms with Gasteiger partial charge in [0, 0.05) is 23.9 Å². The molecule has 1 rings (SSSR count). The molecule has 3 heteroatoms. The highest BCUT2D eigenvalue weighted by Crippen LogP contribution is 2.39. The largest absolute Gasteiger partial charge is 0.353 e. The van der Waals surface area contributed by atoms with E-state index in [9.17, 15) is 4.79 Å². The van der Waals surface area contributed by atoms with Crippen LogP contribution in [0.4, 0.5) is 0 Å². The molecule has 0 bridgehead atoms. The third kappa shape index (κ3) is 3.98. The first-order valence-corrected chi connectivity index (χ1v) is 7.07. The molecule has 0 aromatic carbocycles. The topological polar surface area (TPSA) is 55.1 Å². The van der Waals surface area contributed by atoms with Gasteiger partial charge in [-0.25, -0.2) is 0 Å². The van der Waals surface area contributed by atoms with Crippen molar-refractivity contribution in [1.29, 1.82) is 0 Å². The highest BCUT2D eigenvalue weighted by molar-refractivity contribution is 5.76.